The second-order valence-electron chi connectivity index (χ2n) is 7.09. The van der Waals surface area contributed by atoms with Gasteiger partial charge in [0.2, 0.25) is 5.91 Å². The number of anilines is 1. The lowest BCUT2D eigenvalue weighted by molar-refractivity contribution is 0.100. The van der Waals surface area contributed by atoms with Gasteiger partial charge in [0, 0.05) is 23.8 Å². The Hall–Kier alpha value is -1.55. The number of benzene rings is 1. The molecule has 0 unspecified atom stereocenters. The van der Waals surface area contributed by atoms with E-state index < -0.39 is 5.91 Å². The Kier molecular flexibility index (Phi) is 4.57. The Morgan fingerprint density at radius 3 is 2.48 bits per heavy atom. The minimum Gasteiger partial charge on any atom is -0.398 e. The Morgan fingerprint density at radius 1 is 1.33 bits per heavy atom. The summed E-state index contributed by atoms with van der Waals surface area (Å²) >= 11 is 0. The molecule has 1 aliphatic carbocycles. The molecule has 0 bridgehead atoms. The highest BCUT2D eigenvalue weighted by molar-refractivity contribution is 5.93. The zero-order valence-corrected chi connectivity index (χ0v) is 13.4. The molecule has 116 valence electrons. The summed E-state index contributed by atoms with van der Waals surface area (Å²) in [5, 5.41) is 0. The Balaban J connectivity index is 2.00. The molecule has 1 aromatic rings. The van der Waals surface area contributed by atoms with Crippen molar-refractivity contribution in [2.45, 2.75) is 52.1 Å². The van der Waals surface area contributed by atoms with Crippen LogP contribution < -0.4 is 11.5 Å². The Labute approximate surface area is 127 Å². The summed E-state index contributed by atoms with van der Waals surface area (Å²) in [6.45, 7) is 5.52. The zero-order chi connectivity index (χ0) is 15.6. The molecule has 4 nitrogen and oxygen atoms in total. The van der Waals surface area contributed by atoms with Gasteiger partial charge in [0.15, 0.2) is 0 Å². The predicted octanol–water partition coefficient (Wildman–Crippen LogP) is 2.77. The third-order valence-electron chi connectivity index (χ3n) is 4.78. The van der Waals surface area contributed by atoms with Gasteiger partial charge in [-0.25, -0.2) is 0 Å². The number of nitrogens with two attached hydrogens (primary N) is 2. The highest BCUT2D eigenvalue weighted by Crippen LogP contribution is 2.37. The molecule has 1 amide bonds. The number of primary amides is 1. The largest absolute Gasteiger partial charge is 0.398 e. The van der Waals surface area contributed by atoms with E-state index in [1.807, 2.05) is 6.07 Å². The van der Waals surface area contributed by atoms with Gasteiger partial charge in [-0.15, -0.1) is 0 Å². The van der Waals surface area contributed by atoms with Crippen LogP contribution in [0.2, 0.25) is 0 Å². The quantitative estimate of drug-likeness (QED) is 0.837. The van der Waals surface area contributed by atoms with Crippen LogP contribution >= 0.6 is 0 Å². The molecule has 21 heavy (non-hydrogen) atoms. The van der Waals surface area contributed by atoms with Gasteiger partial charge in [-0.05, 0) is 55.8 Å². The van der Waals surface area contributed by atoms with Crippen molar-refractivity contribution < 1.29 is 4.79 Å². The van der Waals surface area contributed by atoms with E-state index in [2.05, 4.69) is 25.8 Å². The highest BCUT2D eigenvalue weighted by atomic mass is 16.1. The second-order valence-corrected chi connectivity index (χ2v) is 7.09. The summed E-state index contributed by atoms with van der Waals surface area (Å²) in [6, 6.07) is 5.97. The maximum Gasteiger partial charge on any atom is 0.248 e. The first kappa shape index (κ1) is 15.8. The second kappa shape index (κ2) is 6.06. The van der Waals surface area contributed by atoms with Crippen LogP contribution in [0.3, 0.4) is 0 Å². The lowest BCUT2D eigenvalue weighted by Crippen LogP contribution is -2.36. The van der Waals surface area contributed by atoms with Gasteiger partial charge in [0.1, 0.15) is 0 Å². The highest BCUT2D eigenvalue weighted by Gasteiger charge is 2.28. The third kappa shape index (κ3) is 3.97. The number of carbonyl (C=O) groups excluding carboxylic acids is 1. The molecule has 1 saturated carbocycles. The fraction of sp³-hybridized carbons (Fsp3) is 0.588. The molecule has 1 aliphatic rings. The van der Waals surface area contributed by atoms with Gasteiger partial charge in [-0.2, -0.15) is 0 Å². The van der Waals surface area contributed by atoms with Gasteiger partial charge in [0.25, 0.3) is 0 Å². The van der Waals surface area contributed by atoms with Gasteiger partial charge >= 0.3 is 0 Å². The molecule has 4 N–H and O–H groups in total. The maximum absolute atomic E-state index is 11.2. The van der Waals surface area contributed by atoms with Crippen molar-refractivity contribution in [3.8, 4) is 0 Å². The van der Waals surface area contributed by atoms with Crippen LogP contribution in [-0.2, 0) is 6.54 Å². The maximum atomic E-state index is 11.2. The minimum atomic E-state index is -0.434. The van der Waals surface area contributed by atoms with Crippen LogP contribution in [-0.4, -0.2) is 23.9 Å². The number of amides is 1. The number of nitrogen functional groups attached to an aromatic ring is 1. The molecule has 4 heteroatoms. The molecular weight excluding hydrogens is 262 g/mol. The van der Waals surface area contributed by atoms with Gasteiger partial charge < -0.3 is 11.5 Å². The summed E-state index contributed by atoms with van der Waals surface area (Å²) in [4.78, 5) is 13.5. The van der Waals surface area contributed by atoms with Crippen LogP contribution in [0.25, 0.3) is 0 Å². The van der Waals surface area contributed by atoms with E-state index in [0.29, 0.717) is 22.7 Å². The van der Waals surface area contributed by atoms with E-state index in [1.54, 1.807) is 12.1 Å². The number of hydrogen-bond donors (Lipinski definition) is 2. The summed E-state index contributed by atoms with van der Waals surface area (Å²) in [6.07, 6.45) is 5.03. The normalized spacial score (nSPS) is 18.9. The average molecular weight is 289 g/mol. The van der Waals surface area contributed by atoms with Crippen LogP contribution in [0.15, 0.2) is 18.2 Å². The predicted molar refractivity (Wildman–Crippen MR) is 86.9 cm³/mol. The number of rotatable bonds is 4. The first-order chi connectivity index (χ1) is 9.78. The zero-order valence-electron chi connectivity index (χ0n) is 13.4. The SMILES string of the molecule is CN(Cc1ccc(C(N)=O)cc1N)C1CCC(C)(C)CC1. The standard InChI is InChI=1S/C17H27N3O/c1-17(2)8-6-14(7-9-17)20(3)11-13-5-4-12(16(19)21)10-15(13)18/h4-5,10,14H,6-9,11,18H2,1-3H3,(H2,19,21). The first-order valence-corrected chi connectivity index (χ1v) is 7.67. The summed E-state index contributed by atoms with van der Waals surface area (Å²) in [7, 11) is 2.16. The van der Waals surface area contributed by atoms with Crippen LogP contribution in [0, 0.1) is 5.41 Å². The lowest BCUT2D eigenvalue weighted by Gasteiger charge is -2.38. The molecule has 0 spiro atoms. The third-order valence-corrected chi connectivity index (χ3v) is 4.78. The molecule has 0 aromatic heterocycles. The van der Waals surface area contributed by atoms with Crippen molar-refractivity contribution in [1.82, 2.24) is 4.90 Å². The van der Waals surface area contributed by atoms with Crippen molar-refractivity contribution in [3.63, 3.8) is 0 Å². The van der Waals surface area contributed by atoms with Crippen LogP contribution in [0.1, 0.15) is 55.5 Å². The van der Waals surface area contributed by atoms with Crippen LogP contribution in [0.4, 0.5) is 5.69 Å². The minimum absolute atomic E-state index is 0.434. The summed E-state index contributed by atoms with van der Waals surface area (Å²) in [5.41, 5.74) is 14.0. The lowest BCUT2D eigenvalue weighted by atomic mass is 9.75. The summed E-state index contributed by atoms with van der Waals surface area (Å²) in [5.74, 6) is -0.434. The van der Waals surface area contributed by atoms with Crippen molar-refractivity contribution in [1.29, 1.82) is 0 Å². The molecule has 0 radical (unpaired) electrons. The Bertz CT molecular complexity index is 515. The van der Waals surface area contributed by atoms with E-state index in [-0.39, 0.29) is 0 Å². The molecule has 0 heterocycles. The number of carbonyl (C=O) groups is 1. The molecule has 2 rings (SSSR count). The van der Waals surface area contributed by atoms with Crippen LogP contribution in [0.5, 0.6) is 0 Å². The molecular formula is C17H27N3O. The number of nitrogens with zero attached hydrogens (tertiary/aromatic N) is 1. The molecule has 1 fully saturated rings. The van der Waals surface area contributed by atoms with Crippen molar-refractivity contribution >= 4 is 11.6 Å². The fourth-order valence-corrected chi connectivity index (χ4v) is 3.11. The van der Waals surface area contributed by atoms with Gasteiger partial charge in [-0.1, -0.05) is 19.9 Å². The van der Waals surface area contributed by atoms with E-state index >= 15 is 0 Å². The van der Waals surface area contributed by atoms with Gasteiger partial charge in [-0.3, -0.25) is 9.69 Å². The molecule has 1 aromatic carbocycles. The van der Waals surface area contributed by atoms with E-state index in [9.17, 15) is 4.79 Å². The monoisotopic (exact) mass is 289 g/mol. The van der Waals surface area contributed by atoms with Crippen molar-refractivity contribution in [2.75, 3.05) is 12.8 Å². The van der Waals surface area contributed by atoms with Crippen molar-refractivity contribution in [3.05, 3.63) is 29.3 Å². The first-order valence-electron chi connectivity index (χ1n) is 7.67. The fourth-order valence-electron chi connectivity index (χ4n) is 3.11. The molecule has 0 atom stereocenters. The smallest absolute Gasteiger partial charge is 0.248 e. The van der Waals surface area contributed by atoms with E-state index in [4.69, 9.17) is 11.5 Å². The average Bonchev–Trinajstić information content (AvgIpc) is 2.40. The Morgan fingerprint density at radius 2 is 1.95 bits per heavy atom. The summed E-state index contributed by atoms with van der Waals surface area (Å²) < 4.78 is 0. The molecule has 0 saturated heterocycles. The van der Waals surface area contributed by atoms with Gasteiger partial charge in [0.05, 0.1) is 0 Å². The topological polar surface area (TPSA) is 72.3 Å². The number of hydrogen-bond acceptors (Lipinski definition) is 3. The van der Waals surface area contributed by atoms with E-state index in [0.717, 1.165) is 12.1 Å². The van der Waals surface area contributed by atoms with E-state index in [1.165, 1.54) is 25.7 Å². The van der Waals surface area contributed by atoms with Crippen molar-refractivity contribution in [2.24, 2.45) is 11.1 Å². The molecule has 0 aliphatic heterocycles.